The molecule has 0 aliphatic heterocycles. The third kappa shape index (κ3) is 5.37. The molecule has 5 rings (SSSR count). The summed E-state index contributed by atoms with van der Waals surface area (Å²) in [5, 5.41) is 14.3. The number of fused-ring (bicyclic) bond motifs is 1. The van der Waals surface area contributed by atoms with Gasteiger partial charge < -0.3 is 4.98 Å². The van der Waals surface area contributed by atoms with E-state index in [1.807, 2.05) is 13.0 Å². The zero-order chi connectivity index (χ0) is 25.9. The predicted molar refractivity (Wildman–Crippen MR) is 147 cm³/mol. The first-order valence-corrected chi connectivity index (χ1v) is 13.6. The quantitative estimate of drug-likeness (QED) is 0.321. The van der Waals surface area contributed by atoms with E-state index >= 15 is 0 Å². The number of hydrogen-bond donors (Lipinski definition) is 1. The Morgan fingerprint density at radius 3 is 2.51 bits per heavy atom. The average Bonchev–Trinajstić information content (AvgIpc) is 3.58. The normalized spacial score (nSPS) is 15.3. The van der Waals surface area contributed by atoms with Crippen LogP contribution >= 0.6 is 0 Å². The number of aromatic amines is 1. The van der Waals surface area contributed by atoms with Crippen molar-refractivity contribution in [2.45, 2.75) is 78.4 Å². The highest BCUT2D eigenvalue weighted by Crippen LogP contribution is 2.35. The van der Waals surface area contributed by atoms with Crippen LogP contribution in [-0.2, 0) is 13.0 Å². The second-order valence-electron chi connectivity index (χ2n) is 10.9. The molecule has 194 valence electrons. The lowest BCUT2D eigenvalue weighted by atomic mass is 9.98. The van der Waals surface area contributed by atoms with Gasteiger partial charge in [-0.3, -0.25) is 9.69 Å². The van der Waals surface area contributed by atoms with Crippen molar-refractivity contribution in [1.29, 1.82) is 0 Å². The Hall–Kier alpha value is -3.32. The second-order valence-corrected chi connectivity index (χ2v) is 10.9. The summed E-state index contributed by atoms with van der Waals surface area (Å²) in [5.74, 6) is 1.18. The number of aromatic nitrogens is 5. The lowest BCUT2D eigenvalue weighted by molar-refractivity contribution is 0.133. The molecule has 1 aliphatic rings. The van der Waals surface area contributed by atoms with E-state index in [0.29, 0.717) is 12.6 Å². The first kappa shape index (κ1) is 25.3. The van der Waals surface area contributed by atoms with E-state index in [4.69, 9.17) is 0 Å². The lowest BCUT2D eigenvalue weighted by Crippen LogP contribution is -2.37. The standard InChI is InChI=1S/C30H38N6O/c1-20(2)28(29-32-33-34-36(29)25-12-8-9-13-25)35(17-16-23-10-6-5-7-11-23)19-24-18-26-21(3)14-15-22(4)27(26)31-30(24)37/h5-7,10-11,14-15,18,20,25,28H,8-9,12-13,16-17,19H2,1-4H3,(H,31,37). The number of hydrogen-bond acceptors (Lipinski definition) is 5. The van der Waals surface area contributed by atoms with Gasteiger partial charge in [0.2, 0.25) is 0 Å². The lowest BCUT2D eigenvalue weighted by Gasteiger charge is -2.34. The molecule has 4 aromatic rings. The fourth-order valence-electron chi connectivity index (χ4n) is 5.88. The molecule has 1 aliphatic carbocycles. The van der Waals surface area contributed by atoms with Crippen LogP contribution in [0.4, 0.5) is 0 Å². The molecule has 0 saturated heterocycles. The van der Waals surface area contributed by atoms with Crippen molar-refractivity contribution >= 4 is 10.9 Å². The Bertz CT molecular complexity index is 1400. The molecule has 1 fully saturated rings. The van der Waals surface area contributed by atoms with Gasteiger partial charge in [-0.25, -0.2) is 4.68 Å². The predicted octanol–water partition coefficient (Wildman–Crippen LogP) is 5.69. The Balaban J connectivity index is 1.54. The van der Waals surface area contributed by atoms with Crippen LogP contribution in [0.25, 0.3) is 10.9 Å². The van der Waals surface area contributed by atoms with Crippen LogP contribution < -0.4 is 5.56 Å². The van der Waals surface area contributed by atoms with E-state index in [1.54, 1.807) is 0 Å². The van der Waals surface area contributed by atoms with Gasteiger partial charge >= 0.3 is 0 Å². The molecule has 1 atom stereocenters. The van der Waals surface area contributed by atoms with Crippen LogP contribution in [0.3, 0.4) is 0 Å². The van der Waals surface area contributed by atoms with Crippen LogP contribution in [0.1, 0.15) is 79.7 Å². The zero-order valence-electron chi connectivity index (χ0n) is 22.4. The van der Waals surface area contributed by atoms with Crippen molar-refractivity contribution in [1.82, 2.24) is 30.1 Å². The van der Waals surface area contributed by atoms with Crippen molar-refractivity contribution in [2.75, 3.05) is 6.54 Å². The van der Waals surface area contributed by atoms with Crippen molar-refractivity contribution in [2.24, 2.45) is 5.92 Å². The molecule has 2 aromatic heterocycles. The summed E-state index contributed by atoms with van der Waals surface area (Å²) in [6.45, 7) is 9.93. The van der Waals surface area contributed by atoms with Gasteiger partial charge in [0.25, 0.3) is 5.56 Å². The summed E-state index contributed by atoms with van der Waals surface area (Å²) in [5.41, 5.74) is 5.21. The Labute approximate surface area is 218 Å². The molecular weight excluding hydrogens is 460 g/mol. The SMILES string of the molecule is Cc1ccc(C)c2[nH]c(=O)c(CN(CCc3ccccc3)C(c3nnnn3C3CCCC3)C(C)C)cc12. The molecule has 0 spiro atoms. The Morgan fingerprint density at radius 2 is 1.78 bits per heavy atom. The molecule has 0 amide bonds. The van der Waals surface area contributed by atoms with Crippen molar-refractivity contribution in [3.63, 3.8) is 0 Å². The average molecular weight is 499 g/mol. The van der Waals surface area contributed by atoms with Gasteiger partial charge in [-0.15, -0.1) is 5.10 Å². The number of nitrogens with one attached hydrogen (secondary N) is 1. The molecule has 1 saturated carbocycles. The number of H-pyrrole nitrogens is 1. The summed E-state index contributed by atoms with van der Waals surface area (Å²) in [6.07, 6.45) is 5.57. The zero-order valence-corrected chi connectivity index (χ0v) is 22.4. The van der Waals surface area contributed by atoms with Gasteiger partial charge in [0.1, 0.15) is 0 Å². The van der Waals surface area contributed by atoms with Gasteiger partial charge in [-0.05, 0) is 72.2 Å². The fourth-order valence-corrected chi connectivity index (χ4v) is 5.88. The molecule has 7 nitrogen and oxygen atoms in total. The maximum Gasteiger partial charge on any atom is 0.252 e. The molecule has 1 N–H and O–H groups in total. The molecule has 0 radical (unpaired) electrons. The molecular formula is C30H38N6O. The number of tetrazole rings is 1. The summed E-state index contributed by atoms with van der Waals surface area (Å²) >= 11 is 0. The van der Waals surface area contributed by atoms with Crippen LogP contribution in [-0.4, -0.2) is 36.6 Å². The smallest absolute Gasteiger partial charge is 0.252 e. The van der Waals surface area contributed by atoms with E-state index in [2.05, 4.69) is 93.3 Å². The van der Waals surface area contributed by atoms with Crippen LogP contribution in [0.5, 0.6) is 0 Å². The molecule has 7 heteroatoms. The van der Waals surface area contributed by atoms with E-state index < -0.39 is 0 Å². The minimum atomic E-state index is -0.0243. The molecule has 1 unspecified atom stereocenters. The summed E-state index contributed by atoms with van der Waals surface area (Å²) in [6, 6.07) is 17.2. The summed E-state index contributed by atoms with van der Waals surface area (Å²) in [7, 11) is 0. The van der Waals surface area contributed by atoms with Gasteiger partial charge in [-0.2, -0.15) is 0 Å². The maximum absolute atomic E-state index is 13.3. The van der Waals surface area contributed by atoms with Crippen molar-refractivity contribution in [3.05, 3.63) is 87.0 Å². The minimum Gasteiger partial charge on any atom is -0.321 e. The number of pyridine rings is 1. The molecule has 0 bridgehead atoms. The monoisotopic (exact) mass is 498 g/mol. The number of aryl methyl sites for hydroxylation is 2. The van der Waals surface area contributed by atoms with Crippen LogP contribution in [0.2, 0.25) is 0 Å². The summed E-state index contributed by atoms with van der Waals surface area (Å²) in [4.78, 5) is 18.9. The van der Waals surface area contributed by atoms with Crippen molar-refractivity contribution in [3.8, 4) is 0 Å². The van der Waals surface area contributed by atoms with E-state index in [-0.39, 0.29) is 17.5 Å². The van der Waals surface area contributed by atoms with E-state index in [9.17, 15) is 4.79 Å². The summed E-state index contributed by atoms with van der Waals surface area (Å²) < 4.78 is 2.07. The van der Waals surface area contributed by atoms with E-state index in [1.165, 1.54) is 24.0 Å². The minimum absolute atomic E-state index is 0.00647. The number of rotatable bonds is 9. The highest BCUT2D eigenvalue weighted by molar-refractivity contribution is 5.85. The van der Waals surface area contributed by atoms with Crippen LogP contribution in [0.15, 0.2) is 53.3 Å². The van der Waals surface area contributed by atoms with Gasteiger partial charge in [0.15, 0.2) is 5.82 Å². The van der Waals surface area contributed by atoms with Gasteiger partial charge in [0, 0.05) is 24.0 Å². The highest BCUT2D eigenvalue weighted by atomic mass is 16.1. The molecule has 37 heavy (non-hydrogen) atoms. The van der Waals surface area contributed by atoms with Gasteiger partial charge in [0.05, 0.1) is 17.6 Å². The van der Waals surface area contributed by atoms with Crippen LogP contribution in [0, 0.1) is 19.8 Å². The third-order valence-electron chi connectivity index (χ3n) is 7.90. The fraction of sp³-hybridized carbons (Fsp3) is 0.467. The van der Waals surface area contributed by atoms with Gasteiger partial charge in [-0.1, -0.05) is 69.2 Å². The maximum atomic E-state index is 13.3. The Kier molecular flexibility index (Phi) is 7.51. The second kappa shape index (κ2) is 11.0. The van der Waals surface area contributed by atoms with E-state index in [0.717, 1.165) is 53.7 Å². The number of benzene rings is 2. The van der Waals surface area contributed by atoms with Crippen molar-refractivity contribution < 1.29 is 0 Å². The third-order valence-corrected chi connectivity index (χ3v) is 7.90. The molecule has 2 aromatic carbocycles. The first-order valence-electron chi connectivity index (χ1n) is 13.6. The first-order chi connectivity index (χ1) is 17.9. The largest absolute Gasteiger partial charge is 0.321 e. The molecule has 2 heterocycles. The highest BCUT2D eigenvalue weighted by Gasteiger charge is 2.32. The Morgan fingerprint density at radius 1 is 1.05 bits per heavy atom. The topological polar surface area (TPSA) is 79.7 Å². The number of nitrogens with zero attached hydrogens (tertiary/aromatic N) is 5.